The number of nitrogens with zero attached hydrogens (tertiary/aromatic N) is 2. The van der Waals surface area contributed by atoms with Crippen molar-refractivity contribution in [3.8, 4) is 0 Å². The molecule has 2 rings (SSSR count). The maximum absolute atomic E-state index is 12.1. The van der Waals surface area contributed by atoms with Crippen LogP contribution in [0.15, 0.2) is 24.5 Å². The fraction of sp³-hybridized carbons (Fsp3) is 0.455. The first kappa shape index (κ1) is 10.6. The Morgan fingerprint density at radius 3 is 3.00 bits per heavy atom. The molecule has 4 heteroatoms. The highest BCUT2D eigenvalue weighted by molar-refractivity contribution is 9.09. The van der Waals surface area contributed by atoms with E-state index in [1.54, 1.807) is 18.5 Å². The van der Waals surface area contributed by atoms with E-state index < -0.39 is 0 Å². The minimum atomic E-state index is 0.0811. The SMILES string of the molecule is CC1CC(Br)CN1C(=O)c1cccnc1. The van der Waals surface area contributed by atoms with Gasteiger partial charge >= 0.3 is 0 Å². The van der Waals surface area contributed by atoms with Crippen molar-refractivity contribution in [2.24, 2.45) is 0 Å². The van der Waals surface area contributed by atoms with Crippen molar-refractivity contribution in [2.75, 3.05) is 6.54 Å². The third-order valence-electron chi connectivity index (χ3n) is 2.69. The van der Waals surface area contributed by atoms with E-state index in [1.165, 1.54) is 0 Å². The first-order valence-corrected chi connectivity index (χ1v) is 5.95. The quantitative estimate of drug-likeness (QED) is 0.731. The highest BCUT2D eigenvalue weighted by Crippen LogP contribution is 2.24. The minimum absolute atomic E-state index is 0.0811. The number of alkyl halides is 1. The van der Waals surface area contributed by atoms with Crippen LogP contribution in [0.1, 0.15) is 23.7 Å². The second-order valence-electron chi connectivity index (χ2n) is 3.88. The van der Waals surface area contributed by atoms with E-state index in [2.05, 4.69) is 27.8 Å². The van der Waals surface area contributed by atoms with Gasteiger partial charge in [-0.25, -0.2) is 0 Å². The standard InChI is InChI=1S/C11H13BrN2O/c1-8-5-10(12)7-14(8)11(15)9-3-2-4-13-6-9/h2-4,6,8,10H,5,7H2,1H3. The van der Waals surface area contributed by atoms with Gasteiger partial charge in [-0.15, -0.1) is 0 Å². The molecule has 1 aliphatic heterocycles. The van der Waals surface area contributed by atoms with E-state index in [0.29, 0.717) is 16.4 Å². The Balaban J connectivity index is 2.15. The predicted molar refractivity (Wildman–Crippen MR) is 62.1 cm³/mol. The van der Waals surface area contributed by atoms with Crippen molar-refractivity contribution < 1.29 is 4.79 Å². The molecule has 2 atom stereocenters. The molecule has 1 aliphatic rings. The number of hydrogen-bond acceptors (Lipinski definition) is 2. The van der Waals surface area contributed by atoms with Gasteiger partial charge in [-0.3, -0.25) is 9.78 Å². The van der Waals surface area contributed by atoms with Crippen LogP contribution in [-0.2, 0) is 0 Å². The zero-order valence-electron chi connectivity index (χ0n) is 8.56. The number of rotatable bonds is 1. The Morgan fingerprint density at radius 2 is 2.47 bits per heavy atom. The molecule has 0 bridgehead atoms. The van der Waals surface area contributed by atoms with Gasteiger partial charge in [-0.2, -0.15) is 0 Å². The maximum atomic E-state index is 12.1. The van der Waals surface area contributed by atoms with Crippen molar-refractivity contribution in [1.82, 2.24) is 9.88 Å². The normalized spacial score (nSPS) is 25.6. The van der Waals surface area contributed by atoms with Crippen LogP contribution in [0.5, 0.6) is 0 Å². The van der Waals surface area contributed by atoms with E-state index in [1.807, 2.05) is 11.0 Å². The maximum Gasteiger partial charge on any atom is 0.255 e. The van der Waals surface area contributed by atoms with Gasteiger partial charge in [0.25, 0.3) is 5.91 Å². The van der Waals surface area contributed by atoms with Gasteiger partial charge in [0.2, 0.25) is 0 Å². The molecule has 0 aliphatic carbocycles. The largest absolute Gasteiger partial charge is 0.335 e. The van der Waals surface area contributed by atoms with E-state index in [0.717, 1.165) is 13.0 Å². The van der Waals surface area contributed by atoms with Crippen LogP contribution in [0, 0.1) is 0 Å². The molecule has 1 aromatic rings. The number of pyridine rings is 1. The van der Waals surface area contributed by atoms with Gasteiger partial charge in [0.15, 0.2) is 0 Å². The molecule has 0 spiro atoms. The number of carbonyl (C=O) groups excluding carboxylic acids is 1. The lowest BCUT2D eigenvalue weighted by molar-refractivity contribution is 0.0747. The lowest BCUT2D eigenvalue weighted by atomic mass is 10.2. The van der Waals surface area contributed by atoms with Crippen LogP contribution in [0.4, 0.5) is 0 Å². The molecule has 1 aromatic heterocycles. The molecule has 0 N–H and O–H groups in total. The zero-order chi connectivity index (χ0) is 10.8. The average molecular weight is 269 g/mol. The van der Waals surface area contributed by atoms with Gasteiger partial charge in [0.1, 0.15) is 0 Å². The number of aromatic nitrogens is 1. The van der Waals surface area contributed by atoms with Crippen LogP contribution in [0.3, 0.4) is 0 Å². The molecule has 1 saturated heterocycles. The fourth-order valence-electron chi connectivity index (χ4n) is 1.90. The third-order valence-corrected chi connectivity index (χ3v) is 3.36. The lowest BCUT2D eigenvalue weighted by Crippen LogP contribution is -2.34. The number of carbonyl (C=O) groups is 1. The summed E-state index contributed by atoms with van der Waals surface area (Å²) in [6, 6.07) is 3.91. The topological polar surface area (TPSA) is 33.2 Å². The molecule has 3 nitrogen and oxygen atoms in total. The van der Waals surface area contributed by atoms with E-state index in [4.69, 9.17) is 0 Å². The second-order valence-corrected chi connectivity index (χ2v) is 5.18. The Hall–Kier alpha value is -0.900. The Morgan fingerprint density at radius 1 is 1.67 bits per heavy atom. The molecule has 0 aromatic carbocycles. The highest BCUT2D eigenvalue weighted by Gasteiger charge is 2.31. The van der Waals surface area contributed by atoms with Crippen LogP contribution in [0.25, 0.3) is 0 Å². The van der Waals surface area contributed by atoms with Gasteiger partial charge in [-0.1, -0.05) is 15.9 Å². The zero-order valence-corrected chi connectivity index (χ0v) is 10.1. The number of amides is 1. The Labute approximate surface area is 97.6 Å². The van der Waals surface area contributed by atoms with Crippen molar-refractivity contribution >= 4 is 21.8 Å². The number of hydrogen-bond donors (Lipinski definition) is 0. The van der Waals surface area contributed by atoms with Gasteiger partial charge < -0.3 is 4.90 Å². The summed E-state index contributed by atoms with van der Waals surface area (Å²) in [4.78, 5) is 18.4. The summed E-state index contributed by atoms with van der Waals surface area (Å²) in [5, 5.41) is 0. The first-order chi connectivity index (χ1) is 7.18. The van der Waals surface area contributed by atoms with E-state index in [-0.39, 0.29) is 5.91 Å². The lowest BCUT2D eigenvalue weighted by Gasteiger charge is -2.20. The highest BCUT2D eigenvalue weighted by atomic mass is 79.9. The van der Waals surface area contributed by atoms with Gasteiger partial charge in [0.05, 0.1) is 5.56 Å². The molecule has 80 valence electrons. The third kappa shape index (κ3) is 2.20. The first-order valence-electron chi connectivity index (χ1n) is 5.03. The van der Waals surface area contributed by atoms with Gasteiger partial charge in [0, 0.05) is 29.8 Å². The molecule has 1 fully saturated rings. The summed E-state index contributed by atoms with van der Waals surface area (Å²) in [5.74, 6) is 0.0811. The molecule has 0 radical (unpaired) electrons. The predicted octanol–water partition coefficient (Wildman–Crippen LogP) is 2.08. The number of halogens is 1. The number of likely N-dealkylation sites (tertiary alicyclic amines) is 1. The average Bonchev–Trinajstić information content (AvgIpc) is 2.58. The second kappa shape index (κ2) is 4.31. The van der Waals surface area contributed by atoms with Crippen LogP contribution in [0.2, 0.25) is 0 Å². The van der Waals surface area contributed by atoms with Crippen molar-refractivity contribution in [2.45, 2.75) is 24.2 Å². The van der Waals surface area contributed by atoms with E-state index in [9.17, 15) is 4.79 Å². The van der Waals surface area contributed by atoms with Gasteiger partial charge in [-0.05, 0) is 25.5 Å². The summed E-state index contributed by atoms with van der Waals surface area (Å²) in [5.41, 5.74) is 0.672. The summed E-state index contributed by atoms with van der Waals surface area (Å²) in [6.07, 6.45) is 4.32. The van der Waals surface area contributed by atoms with Crippen molar-refractivity contribution in [3.63, 3.8) is 0 Å². The smallest absolute Gasteiger partial charge is 0.255 e. The minimum Gasteiger partial charge on any atom is -0.335 e. The molecule has 1 amide bonds. The van der Waals surface area contributed by atoms with Crippen LogP contribution < -0.4 is 0 Å². The molecule has 15 heavy (non-hydrogen) atoms. The molecule has 2 unspecified atom stereocenters. The van der Waals surface area contributed by atoms with Crippen LogP contribution >= 0.6 is 15.9 Å². The fourth-order valence-corrected chi connectivity index (χ4v) is 2.76. The summed E-state index contributed by atoms with van der Waals surface area (Å²) in [7, 11) is 0. The summed E-state index contributed by atoms with van der Waals surface area (Å²) in [6.45, 7) is 2.87. The molecular weight excluding hydrogens is 256 g/mol. The summed E-state index contributed by atoms with van der Waals surface area (Å²) >= 11 is 3.55. The van der Waals surface area contributed by atoms with Crippen molar-refractivity contribution in [3.05, 3.63) is 30.1 Å². The van der Waals surface area contributed by atoms with Crippen molar-refractivity contribution in [1.29, 1.82) is 0 Å². The molecular formula is C11H13BrN2O. The monoisotopic (exact) mass is 268 g/mol. The Kier molecular flexibility index (Phi) is 3.05. The van der Waals surface area contributed by atoms with E-state index >= 15 is 0 Å². The Bertz CT molecular complexity index is 355. The van der Waals surface area contributed by atoms with Crippen LogP contribution in [-0.4, -0.2) is 33.2 Å². The molecule has 0 saturated carbocycles. The summed E-state index contributed by atoms with van der Waals surface area (Å²) < 4.78 is 0. The molecule has 2 heterocycles.